The fraction of sp³-hybridized carbons (Fsp3) is 0.278. The zero-order valence-corrected chi connectivity index (χ0v) is 16.1. The highest BCUT2D eigenvalue weighted by molar-refractivity contribution is 7.07. The number of fused-ring (bicyclic) bond motifs is 1. The first kappa shape index (κ1) is 17.8. The van der Waals surface area contributed by atoms with Crippen LogP contribution in [0.3, 0.4) is 0 Å². The van der Waals surface area contributed by atoms with E-state index < -0.39 is 5.92 Å². The second kappa shape index (κ2) is 7.21. The van der Waals surface area contributed by atoms with Gasteiger partial charge in [0.25, 0.3) is 0 Å². The maximum Gasteiger partial charge on any atom is 0.236 e. The van der Waals surface area contributed by atoms with Crippen LogP contribution in [0.2, 0.25) is 5.02 Å². The minimum atomic E-state index is -0.570. The number of aromatic amines is 1. The van der Waals surface area contributed by atoms with E-state index >= 15 is 0 Å². The van der Waals surface area contributed by atoms with Crippen LogP contribution >= 0.6 is 22.9 Å². The molecule has 2 N–H and O–H groups in total. The molecular formula is C18H17ClN4O3S. The lowest BCUT2D eigenvalue weighted by molar-refractivity contribution is -0.152. The van der Waals surface area contributed by atoms with Gasteiger partial charge >= 0.3 is 0 Å². The number of amides is 2. The smallest absolute Gasteiger partial charge is 0.236 e. The Morgan fingerprint density at radius 3 is 3.04 bits per heavy atom. The topological polar surface area (TPSA) is 87.3 Å². The molecule has 0 bridgehead atoms. The summed E-state index contributed by atoms with van der Waals surface area (Å²) in [6, 6.07) is 5.57. The van der Waals surface area contributed by atoms with Gasteiger partial charge in [-0.25, -0.2) is 4.98 Å². The van der Waals surface area contributed by atoms with Crippen LogP contribution in [0.25, 0.3) is 10.9 Å². The summed E-state index contributed by atoms with van der Waals surface area (Å²) in [5.41, 5.74) is 4.29. The zero-order chi connectivity index (χ0) is 19.0. The van der Waals surface area contributed by atoms with Crippen LogP contribution in [0, 0.1) is 5.92 Å². The first-order chi connectivity index (χ1) is 13.0. The molecule has 3 aromatic rings. The SMILES string of the molecule is CN1C[C@H](C(=O)NCc2cc3cc(Cl)c(OCc4cscn4)cc3[nH]2)C1=O. The van der Waals surface area contributed by atoms with Gasteiger partial charge in [0, 0.05) is 41.6 Å². The van der Waals surface area contributed by atoms with Crippen molar-refractivity contribution in [1.82, 2.24) is 20.2 Å². The number of H-pyrrole nitrogens is 1. The molecule has 140 valence electrons. The third kappa shape index (κ3) is 3.63. The van der Waals surface area contributed by atoms with E-state index in [1.54, 1.807) is 12.6 Å². The summed E-state index contributed by atoms with van der Waals surface area (Å²) in [5.74, 6) is -0.392. The van der Waals surface area contributed by atoms with Crippen LogP contribution in [-0.4, -0.2) is 40.3 Å². The lowest BCUT2D eigenvalue weighted by atomic mass is 9.99. The Hall–Kier alpha value is -2.58. The minimum Gasteiger partial charge on any atom is -0.486 e. The van der Waals surface area contributed by atoms with Crippen molar-refractivity contribution in [2.45, 2.75) is 13.2 Å². The average Bonchev–Trinajstić information content (AvgIpc) is 3.31. The number of thiazole rings is 1. The molecule has 9 heteroatoms. The Labute approximate surface area is 164 Å². The third-order valence-electron chi connectivity index (χ3n) is 4.49. The van der Waals surface area contributed by atoms with Crippen LogP contribution in [0.1, 0.15) is 11.4 Å². The number of carbonyl (C=O) groups excluding carboxylic acids is 2. The number of aromatic nitrogens is 2. The summed E-state index contributed by atoms with van der Waals surface area (Å²) >= 11 is 7.82. The number of halogens is 1. The highest BCUT2D eigenvalue weighted by Gasteiger charge is 2.39. The predicted molar refractivity (Wildman–Crippen MR) is 103 cm³/mol. The second-order valence-electron chi connectivity index (χ2n) is 6.42. The molecule has 0 radical (unpaired) electrons. The van der Waals surface area contributed by atoms with Gasteiger partial charge in [-0.3, -0.25) is 9.59 Å². The molecule has 1 atom stereocenters. The first-order valence-corrected chi connectivity index (χ1v) is 9.67. The number of nitrogens with one attached hydrogen (secondary N) is 2. The molecule has 0 spiro atoms. The molecule has 1 aromatic carbocycles. The summed E-state index contributed by atoms with van der Waals surface area (Å²) in [4.78, 5) is 32.6. The molecule has 0 unspecified atom stereocenters. The van der Waals surface area contributed by atoms with Gasteiger partial charge in [0.2, 0.25) is 11.8 Å². The standard InChI is InChI=1S/C18H17ClN4O3S/c1-23-6-13(18(23)25)17(24)20-5-11-2-10-3-14(19)16(4-15(10)22-11)26-7-12-8-27-9-21-12/h2-4,8-9,13,22H,5-7H2,1H3,(H,20,24)/t13-/m1/s1. The van der Waals surface area contributed by atoms with Crippen LogP contribution in [0.15, 0.2) is 29.1 Å². The van der Waals surface area contributed by atoms with E-state index in [4.69, 9.17) is 16.3 Å². The molecule has 27 heavy (non-hydrogen) atoms. The summed E-state index contributed by atoms with van der Waals surface area (Å²) < 4.78 is 5.75. The van der Waals surface area contributed by atoms with Crippen LogP contribution in [0.4, 0.5) is 0 Å². The van der Waals surface area contributed by atoms with Crippen LogP contribution in [-0.2, 0) is 22.7 Å². The number of hydrogen-bond acceptors (Lipinski definition) is 5. The van der Waals surface area contributed by atoms with Crippen molar-refractivity contribution < 1.29 is 14.3 Å². The van der Waals surface area contributed by atoms with Gasteiger partial charge in [-0.15, -0.1) is 11.3 Å². The number of hydrogen-bond donors (Lipinski definition) is 2. The minimum absolute atomic E-state index is 0.141. The molecular weight excluding hydrogens is 388 g/mol. The van der Waals surface area contributed by atoms with Crippen molar-refractivity contribution in [3.05, 3.63) is 45.5 Å². The normalized spacial score (nSPS) is 16.4. The van der Waals surface area contributed by atoms with E-state index in [1.807, 2.05) is 23.6 Å². The van der Waals surface area contributed by atoms with E-state index in [2.05, 4.69) is 15.3 Å². The van der Waals surface area contributed by atoms with Crippen molar-refractivity contribution in [2.75, 3.05) is 13.6 Å². The number of carbonyl (C=O) groups is 2. The monoisotopic (exact) mass is 404 g/mol. The van der Waals surface area contributed by atoms with E-state index in [0.29, 0.717) is 30.5 Å². The highest BCUT2D eigenvalue weighted by atomic mass is 35.5. The van der Waals surface area contributed by atoms with E-state index in [-0.39, 0.29) is 11.8 Å². The number of ether oxygens (including phenoxy) is 1. The summed E-state index contributed by atoms with van der Waals surface area (Å²) in [6.07, 6.45) is 0. The number of likely N-dealkylation sites (tertiary alicyclic amines) is 1. The average molecular weight is 405 g/mol. The van der Waals surface area contributed by atoms with Crippen molar-refractivity contribution in [3.63, 3.8) is 0 Å². The molecule has 0 aliphatic carbocycles. The molecule has 0 saturated carbocycles. The summed E-state index contributed by atoms with van der Waals surface area (Å²) in [6.45, 7) is 1.13. The maximum absolute atomic E-state index is 12.1. The van der Waals surface area contributed by atoms with Gasteiger partial charge in [0.1, 0.15) is 18.3 Å². The third-order valence-corrected chi connectivity index (χ3v) is 5.42. The molecule has 7 nitrogen and oxygen atoms in total. The Morgan fingerprint density at radius 2 is 2.33 bits per heavy atom. The first-order valence-electron chi connectivity index (χ1n) is 8.35. The lowest BCUT2D eigenvalue weighted by Gasteiger charge is -2.34. The van der Waals surface area contributed by atoms with Gasteiger partial charge in [0.05, 0.1) is 22.8 Å². The van der Waals surface area contributed by atoms with Gasteiger partial charge in [-0.05, 0) is 12.1 Å². The largest absolute Gasteiger partial charge is 0.486 e. The Bertz CT molecular complexity index is 1000. The van der Waals surface area contributed by atoms with Crippen molar-refractivity contribution in [2.24, 2.45) is 5.92 Å². The predicted octanol–water partition coefficient (Wildman–Crippen LogP) is 2.56. The van der Waals surface area contributed by atoms with Crippen molar-refractivity contribution in [3.8, 4) is 5.75 Å². The molecule has 1 aliphatic rings. The van der Waals surface area contributed by atoms with Gasteiger partial charge in [0.15, 0.2) is 0 Å². The quantitative estimate of drug-likeness (QED) is 0.488. The highest BCUT2D eigenvalue weighted by Crippen LogP contribution is 2.31. The molecule has 1 saturated heterocycles. The van der Waals surface area contributed by atoms with Crippen molar-refractivity contribution in [1.29, 1.82) is 0 Å². The van der Waals surface area contributed by atoms with Crippen LogP contribution < -0.4 is 10.1 Å². The lowest BCUT2D eigenvalue weighted by Crippen LogP contribution is -2.56. The van der Waals surface area contributed by atoms with E-state index in [0.717, 1.165) is 22.3 Å². The number of nitrogens with zero attached hydrogens (tertiary/aromatic N) is 2. The maximum atomic E-state index is 12.1. The number of rotatable bonds is 6. The van der Waals surface area contributed by atoms with E-state index in [9.17, 15) is 9.59 Å². The van der Waals surface area contributed by atoms with Gasteiger partial charge < -0.3 is 19.9 Å². The summed E-state index contributed by atoms with van der Waals surface area (Å²) in [5, 5.41) is 6.15. The Balaban J connectivity index is 1.42. The van der Waals surface area contributed by atoms with Gasteiger partial charge in [-0.2, -0.15) is 0 Å². The van der Waals surface area contributed by atoms with E-state index in [1.165, 1.54) is 16.2 Å². The Kier molecular flexibility index (Phi) is 4.75. The molecule has 2 aromatic heterocycles. The molecule has 1 aliphatic heterocycles. The zero-order valence-electron chi connectivity index (χ0n) is 14.5. The fourth-order valence-electron chi connectivity index (χ4n) is 2.96. The number of β-lactam (4-membered cyclic amide) rings is 1. The molecule has 3 heterocycles. The molecule has 1 fully saturated rings. The fourth-order valence-corrected chi connectivity index (χ4v) is 3.73. The Morgan fingerprint density at radius 1 is 1.48 bits per heavy atom. The summed E-state index contributed by atoms with van der Waals surface area (Å²) in [7, 11) is 1.68. The molecule has 4 rings (SSSR count). The van der Waals surface area contributed by atoms with Gasteiger partial charge in [-0.1, -0.05) is 11.6 Å². The number of benzene rings is 1. The molecule has 2 amide bonds. The van der Waals surface area contributed by atoms with Crippen LogP contribution in [0.5, 0.6) is 5.75 Å². The van der Waals surface area contributed by atoms with Crippen molar-refractivity contribution >= 4 is 45.7 Å². The second-order valence-corrected chi connectivity index (χ2v) is 7.55.